The van der Waals surface area contributed by atoms with E-state index in [9.17, 15) is 4.79 Å². The monoisotopic (exact) mass is 348 g/mol. The molecule has 1 amide bonds. The molecule has 4 nitrogen and oxygen atoms in total. The van der Waals surface area contributed by atoms with Crippen molar-refractivity contribution in [2.24, 2.45) is 0 Å². The predicted octanol–water partition coefficient (Wildman–Crippen LogP) is 4.26. The summed E-state index contributed by atoms with van der Waals surface area (Å²) in [6.45, 7) is 6.18. The number of para-hydroxylation sites is 1. The molecule has 0 spiro atoms. The zero-order valence-corrected chi connectivity index (χ0v) is 15.3. The predicted molar refractivity (Wildman–Crippen MR) is 103 cm³/mol. The third-order valence-corrected chi connectivity index (χ3v) is 5.08. The van der Waals surface area contributed by atoms with E-state index in [1.54, 1.807) is 0 Å². The van der Waals surface area contributed by atoms with Crippen LogP contribution in [0.1, 0.15) is 35.9 Å². The summed E-state index contributed by atoms with van der Waals surface area (Å²) in [5.74, 6) is 0.0875. The fraction of sp³-hybridized carbons (Fsp3) is 0.318. The number of carbonyl (C=O) groups excluding carboxylic acids is 1. The molecule has 1 aromatic heterocycles. The number of ether oxygens (including phenoxy) is 1. The molecule has 0 N–H and O–H groups in total. The van der Waals surface area contributed by atoms with Crippen LogP contribution in [0, 0.1) is 0 Å². The van der Waals surface area contributed by atoms with Crippen molar-refractivity contribution < 1.29 is 9.53 Å². The van der Waals surface area contributed by atoms with Gasteiger partial charge < -0.3 is 14.2 Å². The molecular weight excluding hydrogens is 324 g/mol. The van der Waals surface area contributed by atoms with E-state index in [1.165, 1.54) is 0 Å². The summed E-state index contributed by atoms with van der Waals surface area (Å²) >= 11 is 0. The lowest BCUT2D eigenvalue weighted by Crippen LogP contribution is -2.45. The molecule has 4 heteroatoms. The van der Waals surface area contributed by atoms with Crippen LogP contribution in [0.5, 0.6) is 0 Å². The number of aromatic nitrogens is 1. The zero-order chi connectivity index (χ0) is 18.1. The van der Waals surface area contributed by atoms with E-state index in [1.807, 2.05) is 54.4 Å². The molecule has 134 valence electrons. The highest BCUT2D eigenvalue weighted by molar-refractivity contribution is 6.07. The molecule has 0 saturated carbocycles. The van der Waals surface area contributed by atoms with Gasteiger partial charge in [-0.2, -0.15) is 0 Å². The van der Waals surface area contributed by atoms with Gasteiger partial charge in [0.05, 0.1) is 18.2 Å². The topological polar surface area (TPSA) is 34.5 Å². The average Bonchev–Trinajstić information content (AvgIpc) is 3.06. The molecule has 2 atom stereocenters. The second-order valence-electron chi connectivity index (χ2n) is 6.90. The van der Waals surface area contributed by atoms with Gasteiger partial charge in [0.15, 0.2) is 0 Å². The Morgan fingerprint density at radius 2 is 1.81 bits per heavy atom. The van der Waals surface area contributed by atoms with Crippen LogP contribution < -0.4 is 0 Å². The first-order valence-electron chi connectivity index (χ1n) is 9.25. The third kappa shape index (κ3) is 3.01. The molecule has 1 fully saturated rings. The smallest absolute Gasteiger partial charge is 0.256 e. The van der Waals surface area contributed by atoms with Crippen LogP contribution in [-0.4, -0.2) is 34.6 Å². The Kier molecular flexibility index (Phi) is 4.51. The van der Waals surface area contributed by atoms with Gasteiger partial charge in [-0.1, -0.05) is 48.5 Å². The lowest BCUT2D eigenvalue weighted by molar-refractivity contribution is -0.0691. The van der Waals surface area contributed by atoms with Crippen LogP contribution in [0.2, 0.25) is 0 Å². The molecule has 2 aromatic carbocycles. The molecule has 1 aliphatic rings. The van der Waals surface area contributed by atoms with Crippen molar-refractivity contribution in [3.8, 4) is 0 Å². The average molecular weight is 348 g/mol. The van der Waals surface area contributed by atoms with Crippen LogP contribution in [0.3, 0.4) is 0 Å². The lowest BCUT2D eigenvalue weighted by atomic mass is 10.1. The molecular formula is C22H24N2O2. The minimum atomic E-state index is -0.0802. The number of nitrogens with zero attached hydrogens (tertiary/aromatic N) is 2. The quantitative estimate of drug-likeness (QED) is 0.709. The van der Waals surface area contributed by atoms with Gasteiger partial charge in [-0.05, 0) is 25.5 Å². The highest BCUT2D eigenvalue weighted by Crippen LogP contribution is 2.28. The first-order valence-corrected chi connectivity index (χ1v) is 9.25. The summed E-state index contributed by atoms with van der Waals surface area (Å²) in [4.78, 5) is 15.3. The fourth-order valence-electron chi connectivity index (χ4n) is 3.82. The first kappa shape index (κ1) is 16.9. The van der Waals surface area contributed by atoms with Crippen LogP contribution in [-0.2, 0) is 11.3 Å². The normalized spacial score (nSPS) is 20.5. The van der Waals surface area contributed by atoms with Crippen molar-refractivity contribution in [1.29, 1.82) is 0 Å². The minimum absolute atomic E-state index is 0.0115. The summed E-state index contributed by atoms with van der Waals surface area (Å²) in [6, 6.07) is 18.3. The number of hydrogen-bond donors (Lipinski definition) is 0. The van der Waals surface area contributed by atoms with Gasteiger partial charge in [0.25, 0.3) is 5.91 Å². The number of rotatable bonds is 3. The molecule has 1 saturated heterocycles. The molecule has 26 heavy (non-hydrogen) atoms. The molecule has 1 aliphatic heterocycles. The summed E-state index contributed by atoms with van der Waals surface area (Å²) in [5, 5.41) is 1.02. The van der Waals surface area contributed by atoms with Gasteiger partial charge in [0.2, 0.25) is 0 Å². The van der Waals surface area contributed by atoms with Gasteiger partial charge in [-0.25, -0.2) is 0 Å². The number of fused-ring (bicyclic) bond motifs is 1. The number of morpholine rings is 1. The maximum absolute atomic E-state index is 13.3. The Hall–Kier alpha value is -2.59. The van der Waals surface area contributed by atoms with Crippen LogP contribution in [0.15, 0.2) is 60.8 Å². The third-order valence-electron chi connectivity index (χ3n) is 5.08. The SMILES string of the molecule is CCn1cc(C(=O)N2C[C@@H](c3ccccc3)O[C@@H](C)C2)c2ccccc21. The van der Waals surface area contributed by atoms with Crippen molar-refractivity contribution in [1.82, 2.24) is 9.47 Å². The minimum Gasteiger partial charge on any atom is -0.367 e. The molecule has 2 heterocycles. The van der Waals surface area contributed by atoms with E-state index in [2.05, 4.69) is 29.7 Å². The highest BCUT2D eigenvalue weighted by Gasteiger charge is 2.31. The van der Waals surface area contributed by atoms with Crippen molar-refractivity contribution in [3.05, 3.63) is 71.9 Å². The zero-order valence-electron chi connectivity index (χ0n) is 15.3. The van der Waals surface area contributed by atoms with Gasteiger partial charge >= 0.3 is 0 Å². The van der Waals surface area contributed by atoms with Gasteiger partial charge in [0.1, 0.15) is 6.10 Å². The summed E-state index contributed by atoms with van der Waals surface area (Å²) < 4.78 is 8.24. The lowest BCUT2D eigenvalue weighted by Gasteiger charge is -2.37. The van der Waals surface area contributed by atoms with Crippen LogP contribution in [0.4, 0.5) is 0 Å². The van der Waals surface area contributed by atoms with E-state index >= 15 is 0 Å². The van der Waals surface area contributed by atoms with Gasteiger partial charge in [-0.3, -0.25) is 4.79 Å². The number of carbonyl (C=O) groups is 1. The van der Waals surface area contributed by atoms with Crippen molar-refractivity contribution in [2.75, 3.05) is 13.1 Å². The van der Waals surface area contributed by atoms with E-state index in [4.69, 9.17) is 4.74 Å². The first-order chi connectivity index (χ1) is 12.7. The molecule has 0 radical (unpaired) electrons. The maximum Gasteiger partial charge on any atom is 0.256 e. The van der Waals surface area contributed by atoms with Crippen LogP contribution >= 0.6 is 0 Å². The Morgan fingerprint density at radius 3 is 2.58 bits per heavy atom. The van der Waals surface area contributed by atoms with E-state index < -0.39 is 0 Å². The Balaban J connectivity index is 1.66. The molecule has 0 aliphatic carbocycles. The molecule has 4 rings (SSSR count). The molecule has 0 unspecified atom stereocenters. The Labute approximate surface area is 154 Å². The van der Waals surface area contributed by atoms with Crippen molar-refractivity contribution >= 4 is 16.8 Å². The second kappa shape index (κ2) is 6.96. The van der Waals surface area contributed by atoms with Crippen molar-refractivity contribution in [2.45, 2.75) is 32.6 Å². The maximum atomic E-state index is 13.3. The molecule has 3 aromatic rings. The van der Waals surface area contributed by atoms with Gasteiger partial charge in [0, 0.05) is 30.2 Å². The Bertz CT molecular complexity index is 916. The van der Waals surface area contributed by atoms with Crippen molar-refractivity contribution in [3.63, 3.8) is 0 Å². The number of amides is 1. The van der Waals surface area contributed by atoms with E-state index in [-0.39, 0.29) is 18.1 Å². The van der Waals surface area contributed by atoms with Crippen LogP contribution in [0.25, 0.3) is 10.9 Å². The summed E-state index contributed by atoms with van der Waals surface area (Å²) in [6.07, 6.45) is 1.92. The van der Waals surface area contributed by atoms with E-state index in [0.717, 1.165) is 28.6 Å². The number of benzene rings is 2. The number of aryl methyl sites for hydroxylation is 1. The second-order valence-corrected chi connectivity index (χ2v) is 6.90. The summed E-state index contributed by atoms with van der Waals surface area (Å²) in [5.41, 5.74) is 3.01. The fourth-order valence-corrected chi connectivity index (χ4v) is 3.82. The highest BCUT2D eigenvalue weighted by atomic mass is 16.5. The van der Waals surface area contributed by atoms with Gasteiger partial charge in [-0.15, -0.1) is 0 Å². The standard InChI is InChI=1S/C22H24N2O2/c1-3-23-14-19(18-11-7-8-12-20(18)23)22(25)24-13-16(2)26-21(15-24)17-9-5-4-6-10-17/h4-12,14,16,21H,3,13,15H2,1-2H3/t16-,21-/m0/s1. The van der Waals surface area contributed by atoms with E-state index in [0.29, 0.717) is 13.1 Å². The number of hydrogen-bond acceptors (Lipinski definition) is 2. The summed E-state index contributed by atoms with van der Waals surface area (Å²) in [7, 11) is 0. The largest absolute Gasteiger partial charge is 0.367 e. The Morgan fingerprint density at radius 1 is 1.08 bits per heavy atom. The molecule has 0 bridgehead atoms.